The van der Waals surface area contributed by atoms with Crippen LogP contribution >= 0.6 is 12.4 Å². The molecule has 0 spiro atoms. The van der Waals surface area contributed by atoms with Gasteiger partial charge in [0.15, 0.2) is 0 Å². The molecule has 1 aromatic rings. The van der Waals surface area contributed by atoms with Crippen molar-refractivity contribution in [2.45, 2.75) is 57.8 Å². The third-order valence-electron chi connectivity index (χ3n) is 5.60. The second kappa shape index (κ2) is 9.87. The highest BCUT2D eigenvalue weighted by Gasteiger charge is 2.34. The summed E-state index contributed by atoms with van der Waals surface area (Å²) in [5, 5.41) is 2.88. The fraction of sp³-hybridized carbons (Fsp3) is 0.632. The first kappa shape index (κ1) is 23.9. The monoisotopic (exact) mass is 417 g/mol. The number of rotatable bonds is 7. The van der Waals surface area contributed by atoms with Crippen LogP contribution in [0.15, 0.2) is 23.1 Å². The van der Waals surface area contributed by atoms with Crippen molar-refractivity contribution in [1.82, 2.24) is 4.31 Å². The molecule has 1 aliphatic rings. The predicted octanol–water partition coefficient (Wildman–Crippen LogP) is 3.30. The fourth-order valence-electron chi connectivity index (χ4n) is 3.42. The van der Waals surface area contributed by atoms with E-state index in [2.05, 4.69) is 5.32 Å². The van der Waals surface area contributed by atoms with Gasteiger partial charge in [-0.05, 0) is 50.3 Å². The molecule has 0 aliphatic carbocycles. The summed E-state index contributed by atoms with van der Waals surface area (Å²) >= 11 is 0. The molecule has 0 saturated carbocycles. The molecule has 0 bridgehead atoms. The first-order valence-corrected chi connectivity index (χ1v) is 10.9. The minimum atomic E-state index is -3.55. The Balaban J connectivity index is 0.00000364. The zero-order chi connectivity index (χ0) is 19.4. The van der Waals surface area contributed by atoms with Crippen LogP contribution in [0.5, 0.6) is 0 Å². The van der Waals surface area contributed by atoms with Gasteiger partial charge in [0.25, 0.3) is 0 Å². The topological polar surface area (TPSA) is 92.5 Å². The molecule has 1 saturated heterocycles. The molecule has 154 valence electrons. The summed E-state index contributed by atoms with van der Waals surface area (Å²) in [6.45, 7) is 7.04. The van der Waals surface area contributed by atoms with E-state index >= 15 is 0 Å². The first-order valence-electron chi connectivity index (χ1n) is 9.43. The molecule has 0 aromatic heterocycles. The molecule has 0 unspecified atom stereocenters. The third-order valence-corrected chi connectivity index (χ3v) is 7.65. The van der Waals surface area contributed by atoms with Crippen LogP contribution in [0.1, 0.15) is 51.5 Å². The van der Waals surface area contributed by atoms with Gasteiger partial charge in [0.05, 0.1) is 10.3 Å². The number of piperidine rings is 1. The van der Waals surface area contributed by atoms with Gasteiger partial charge >= 0.3 is 0 Å². The Kier molecular flexibility index (Phi) is 8.73. The van der Waals surface area contributed by atoms with E-state index in [-0.39, 0.29) is 29.8 Å². The van der Waals surface area contributed by atoms with E-state index in [1.165, 1.54) is 0 Å². The quantitative estimate of drug-likeness (QED) is 0.711. The van der Waals surface area contributed by atoms with E-state index in [1.54, 1.807) is 29.4 Å². The number of carbonyl (C=O) groups excluding carboxylic acids is 1. The largest absolute Gasteiger partial charge is 0.329 e. The number of nitrogens with two attached hydrogens (primary N) is 1. The van der Waals surface area contributed by atoms with Gasteiger partial charge in [-0.25, -0.2) is 8.42 Å². The van der Waals surface area contributed by atoms with Crippen molar-refractivity contribution in [3.8, 4) is 0 Å². The third kappa shape index (κ3) is 5.02. The summed E-state index contributed by atoms with van der Waals surface area (Å²) in [5.74, 6) is -0.157. The van der Waals surface area contributed by atoms with E-state index in [0.717, 1.165) is 19.3 Å². The van der Waals surface area contributed by atoms with Gasteiger partial charge in [0, 0.05) is 25.3 Å². The fourth-order valence-corrected chi connectivity index (χ4v) is 5.18. The highest BCUT2D eigenvalue weighted by atomic mass is 35.5. The number of hydrogen-bond donors (Lipinski definition) is 2. The van der Waals surface area contributed by atoms with Crippen LogP contribution < -0.4 is 11.1 Å². The second-order valence-electron chi connectivity index (χ2n) is 7.09. The van der Waals surface area contributed by atoms with E-state index in [9.17, 15) is 13.2 Å². The Labute approximate surface area is 169 Å². The second-order valence-corrected chi connectivity index (χ2v) is 9.00. The lowest BCUT2D eigenvalue weighted by Crippen LogP contribution is -2.41. The number of benzene rings is 1. The van der Waals surface area contributed by atoms with Gasteiger partial charge in [-0.15, -0.1) is 12.4 Å². The summed E-state index contributed by atoms with van der Waals surface area (Å²) in [4.78, 5) is 13.0. The van der Waals surface area contributed by atoms with Crippen molar-refractivity contribution >= 4 is 34.0 Å². The van der Waals surface area contributed by atoms with Crippen molar-refractivity contribution < 1.29 is 13.2 Å². The van der Waals surface area contributed by atoms with Crippen LogP contribution in [0, 0.1) is 12.3 Å². The Morgan fingerprint density at radius 2 is 1.78 bits per heavy atom. The molecule has 3 N–H and O–H groups in total. The Bertz CT molecular complexity index is 734. The number of amides is 1. The molecule has 1 aromatic carbocycles. The Morgan fingerprint density at radius 1 is 1.19 bits per heavy atom. The van der Waals surface area contributed by atoms with Crippen LogP contribution in [-0.2, 0) is 14.8 Å². The predicted molar refractivity (Wildman–Crippen MR) is 112 cm³/mol. The number of hydrogen-bond acceptors (Lipinski definition) is 4. The first-order chi connectivity index (χ1) is 12.3. The van der Waals surface area contributed by atoms with Crippen LogP contribution in [0.25, 0.3) is 0 Å². The number of sulfonamides is 1. The molecule has 1 amide bonds. The Morgan fingerprint density at radius 3 is 2.30 bits per heavy atom. The summed E-state index contributed by atoms with van der Waals surface area (Å²) in [7, 11) is -3.55. The van der Waals surface area contributed by atoms with Crippen LogP contribution in [0.3, 0.4) is 0 Å². The molecule has 27 heavy (non-hydrogen) atoms. The molecule has 1 fully saturated rings. The molecule has 1 aliphatic heterocycles. The maximum atomic E-state index is 13.0. The number of anilines is 1. The standard InChI is InChI=1S/C19H31N3O3S.ClH/c1-4-19(5-2,14-20)18(23)21-16-10-9-15(3)17(13-16)26(24,25)22-11-7-6-8-12-22;/h9-10,13H,4-8,11-12,14,20H2,1-3H3,(H,21,23);1H. The Hall–Kier alpha value is -1.15. The maximum absolute atomic E-state index is 13.0. The highest BCUT2D eigenvalue weighted by Crippen LogP contribution is 2.29. The van der Waals surface area contributed by atoms with Gasteiger partial charge in [0.2, 0.25) is 15.9 Å². The number of halogens is 1. The number of nitrogens with zero attached hydrogens (tertiary/aromatic N) is 1. The van der Waals surface area contributed by atoms with Crippen LogP contribution in [0.4, 0.5) is 5.69 Å². The zero-order valence-electron chi connectivity index (χ0n) is 16.5. The summed E-state index contributed by atoms with van der Waals surface area (Å²) in [6, 6.07) is 5.06. The van der Waals surface area contributed by atoms with E-state index in [1.807, 2.05) is 13.8 Å². The molecule has 0 radical (unpaired) electrons. The maximum Gasteiger partial charge on any atom is 0.243 e. The zero-order valence-corrected chi connectivity index (χ0v) is 18.1. The van der Waals surface area contributed by atoms with Crippen molar-refractivity contribution in [3.05, 3.63) is 23.8 Å². The van der Waals surface area contributed by atoms with Crippen molar-refractivity contribution in [1.29, 1.82) is 0 Å². The normalized spacial score (nSPS) is 15.9. The molecular weight excluding hydrogens is 386 g/mol. The SMILES string of the molecule is CCC(CC)(CN)C(=O)Nc1ccc(C)c(S(=O)(=O)N2CCCCC2)c1.Cl. The van der Waals surface area contributed by atoms with Crippen LogP contribution in [0.2, 0.25) is 0 Å². The van der Waals surface area contributed by atoms with Gasteiger partial charge in [-0.2, -0.15) is 4.31 Å². The van der Waals surface area contributed by atoms with Gasteiger partial charge in [0.1, 0.15) is 0 Å². The van der Waals surface area contributed by atoms with Gasteiger partial charge in [-0.1, -0.05) is 26.3 Å². The number of carbonyl (C=O) groups is 1. The molecular formula is C19H32ClN3O3S. The molecule has 8 heteroatoms. The molecule has 1 heterocycles. The van der Waals surface area contributed by atoms with Crippen LogP contribution in [-0.4, -0.2) is 38.3 Å². The van der Waals surface area contributed by atoms with Crippen molar-refractivity contribution in [3.63, 3.8) is 0 Å². The number of aryl methyl sites for hydroxylation is 1. The lowest BCUT2D eigenvalue weighted by Gasteiger charge is -2.29. The smallest absolute Gasteiger partial charge is 0.243 e. The minimum absolute atomic E-state index is 0. The lowest BCUT2D eigenvalue weighted by atomic mass is 9.81. The van der Waals surface area contributed by atoms with Crippen molar-refractivity contribution in [2.75, 3.05) is 25.0 Å². The summed E-state index contributed by atoms with van der Waals surface area (Å²) in [6.07, 6.45) is 4.12. The lowest BCUT2D eigenvalue weighted by molar-refractivity contribution is -0.125. The average molecular weight is 418 g/mol. The molecule has 0 atom stereocenters. The van der Waals surface area contributed by atoms with E-state index in [0.29, 0.717) is 37.2 Å². The van der Waals surface area contributed by atoms with Gasteiger partial charge < -0.3 is 11.1 Å². The molecule has 6 nitrogen and oxygen atoms in total. The highest BCUT2D eigenvalue weighted by molar-refractivity contribution is 7.89. The molecule has 2 rings (SSSR count). The summed E-state index contributed by atoms with van der Waals surface area (Å²) < 4.78 is 27.6. The van der Waals surface area contributed by atoms with E-state index in [4.69, 9.17) is 5.73 Å². The minimum Gasteiger partial charge on any atom is -0.329 e. The summed E-state index contributed by atoms with van der Waals surface area (Å²) in [5.41, 5.74) is 6.39. The van der Waals surface area contributed by atoms with Crippen molar-refractivity contribution in [2.24, 2.45) is 11.1 Å². The van der Waals surface area contributed by atoms with E-state index < -0.39 is 15.4 Å². The van der Waals surface area contributed by atoms with Gasteiger partial charge in [-0.3, -0.25) is 4.79 Å². The average Bonchev–Trinajstić information content (AvgIpc) is 2.66. The number of nitrogens with one attached hydrogen (secondary N) is 1.